The maximum Gasteiger partial charge on any atom is 0.344 e. The molecule has 0 aliphatic heterocycles. The van der Waals surface area contributed by atoms with Gasteiger partial charge in [-0.1, -0.05) is 48.5 Å². The van der Waals surface area contributed by atoms with E-state index in [1.165, 1.54) is 4.68 Å². The minimum absolute atomic E-state index is 0.246. The number of nitrogens with zero attached hydrogens (tertiary/aromatic N) is 3. The molecular formula is C30H29N3O5. The smallest absolute Gasteiger partial charge is 0.344 e. The summed E-state index contributed by atoms with van der Waals surface area (Å²) in [7, 11) is 0. The molecule has 4 rings (SSSR count). The number of fused-ring (bicyclic) bond motifs is 1. The van der Waals surface area contributed by atoms with Crippen LogP contribution in [0.2, 0.25) is 0 Å². The van der Waals surface area contributed by atoms with Crippen LogP contribution in [0.1, 0.15) is 25.0 Å². The highest BCUT2D eigenvalue weighted by Gasteiger charge is 2.16. The van der Waals surface area contributed by atoms with Gasteiger partial charge in [-0.2, -0.15) is 9.78 Å². The highest BCUT2D eigenvalue weighted by molar-refractivity contribution is 5.83. The molecule has 1 heterocycles. The number of hydrogen-bond acceptors (Lipinski definition) is 7. The van der Waals surface area contributed by atoms with Crippen molar-refractivity contribution >= 4 is 23.1 Å². The number of allylic oxidation sites excluding steroid dienone is 1. The third-order valence-corrected chi connectivity index (χ3v) is 5.57. The van der Waals surface area contributed by atoms with Gasteiger partial charge >= 0.3 is 5.97 Å². The molecule has 1 aromatic heterocycles. The Morgan fingerprint density at radius 1 is 1.03 bits per heavy atom. The Balaban J connectivity index is 1.80. The molecule has 8 nitrogen and oxygen atoms in total. The average Bonchev–Trinajstić information content (AvgIpc) is 2.93. The Bertz CT molecular complexity index is 1530. The molecule has 4 aromatic rings. The maximum atomic E-state index is 13.4. The van der Waals surface area contributed by atoms with Gasteiger partial charge in [0.2, 0.25) is 0 Å². The monoisotopic (exact) mass is 511 g/mol. The van der Waals surface area contributed by atoms with E-state index in [0.29, 0.717) is 46.8 Å². The first-order chi connectivity index (χ1) is 18.5. The summed E-state index contributed by atoms with van der Waals surface area (Å²) in [5, 5.41) is 5.02. The summed E-state index contributed by atoms with van der Waals surface area (Å²) in [4.78, 5) is 30.1. The topological polar surface area (TPSA) is 92.0 Å². The first kappa shape index (κ1) is 26.3. The van der Waals surface area contributed by atoms with Crippen LogP contribution in [0.5, 0.6) is 11.5 Å². The lowest BCUT2D eigenvalue weighted by atomic mass is 10.1. The number of carbonyl (C=O) groups is 1. The lowest BCUT2D eigenvalue weighted by Crippen LogP contribution is -2.20. The van der Waals surface area contributed by atoms with Gasteiger partial charge in [0, 0.05) is 11.1 Å². The number of carbonyl (C=O) groups excluding carboxylic acids is 1. The molecule has 3 aromatic carbocycles. The second-order valence-electron chi connectivity index (χ2n) is 8.21. The first-order valence-electron chi connectivity index (χ1n) is 12.4. The number of hydrogen-bond donors (Lipinski definition) is 0. The Morgan fingerprint density at radius 2 is 1.79 bits per heavy atom. The molecule has 194 valence electrons. The fourth-order valence-electron chi connectivity index (χ4n) is 3.95. The molecule has 0 unspecified atom stereocenters. The normalized spacial score (nSPS) is 11.0. The van der Waals surface area contributed by atoms with Crippen LogP contribution in [0, 0.1) is 0 Å². The van der Waals surface area contributed by atoms with E-state index >= 15 is 0 Å². The molecule has 0 amide bonds. The van der Waals surface area contributed by atoms with Gasteiger partial charge in [-0.05, 0) is 50.1 Å². The third kappa shape index (κ3) is 5.98. The molecule has 0 N–H and O–H groups in total. The third-order valence-electron chi connectivity index (χ3n) is 5.57. The SMILES string of the molecule is C=CCc1cc(C=Nn2c(-c3ccccc3)nc3ccccc3c2=O)cc(OCC)c1OCC(=O)OCC. The van der Waals surface area contributed by atoms with Crippen LogP contribution in [0.4, 0.5) is 0 Å². The number of benzene rings is 3. The van der Waals surface area contributed by atoms with Gasteiger partial charge in [-0.3, -0.25) is 4.79 Å². The lowest BCUT2D eigenvalue weighted by molar-refractivity contribution is -0.145. The van der Waals surface area contributed by atoms with Crippen molar-refractivity contribution < 1.29 is 19.0 Å². The van der Waals surface area contributed by atoms with Crippen LogP contribution in [0.3, 0.4) is 0 Å². The van der Waals surface area contributed by atoms with E-state index in [4.69, 9.17) is 19.2 Å². The largest absolute Gasteiger partial charge is 0.490 e. The number of ether oxygens (including phenoxy) is 3. The van der Waals surface area contributed by atoms with Gasteiger partial charge in [0.25, 0.3) is 5.56 Å². The van der Waals surface area contributed by atoms with Crippen LogP contribution in [0.25, 0.3) is 22.3 Å². The molecule has 0 saturated heterocycles. The summed E-state index contributed by atoms with van der Waals surface area (Å²) >= 11 is 0. The van der Waals surface area contributed by atoms with E-state index in [-0.39, 0.29) is 18.8 Å². The van der Waals surface area contributed by atoms with Crippen molar-refractivity contribution in [3.05, 3.63) is 101 Å². The van der Waals surface area contributed by atoms with Gasteiger partial charge in [0.1, 0.15) is 0 Å². The highest BCUT2D eigenvalue weighted by atomic mass is 16.6. The number of para-hydroxylation sites is 1. The van der Waals surface area contributed by atoms with Crippen molar-refractivity contribution in [3.63, 3.8) is 0 Å². The molecule has 0 atom stereocenters. The van der Waals surface area contributed by atoms with Crippen LogP contribution in [-0.2, 0) is 16.0 Å². The van der Waals surface area contributed by atoms with Crippen molar-refractivity contribution in [1.82, 2.24) is 9.66 Å². The van der Waals surface area contributed by atoms with Crippen LogP contribution >= 0.6 is 0 Å². The maximum absolute atomic E-state index is 13.4. The van der Waals surface area contributed by atoms with E-state index in [1.54, 1.807) is 37.4 Å². The molecule has 0 spiro atoms. The minimum atomic E-state index is -0.471. The van der Waals surface area contributed by atoms with Gasteiger partial charge in [-0.25, -0.2) is 9.78 Å². The number of aromatic nitrogens is 2. The molecule has 0 fully saturated rings. The average molecular weight is 512 g/mol. The summed E-state index contributed by atoms with van der Waals surface area (Å²) in [5.74, 6) is 0.842. The summed E-state index contributed by atoms with van der Waals surface area (Å²) < 4.78 is 17.9. The second-order valence-corrected chi connectivity index (χ2v) is 8.21. The van der Waals surface area contributed by atoms with E-state index in [9.17, 15) is 9.59 Å². The molecule has 8 heteroatoms. The van der Waals surface area contributed by atoms with Crippen molar-refractivity contribution in [2.24, 2.45) is 5.10 Å². The Kier molecular flexibility index (Phi) is 8.66. The highest BCUT2D eigenvalue weighted by Crippen LogP contribution is 2.34. The summed E-state index contributed by atoms with van der Waals surface area (Å²) in [6, 6.07) is 20.2. The van der Waals surface area contributed by atoms with E-state index in [2.05, 4.69) is 11.7 Å². The summed E-state index contributed by atoms with van der Waals surface area (Å²) in [6.45, 7) is 7.83. The standard InChI is InChI=1S/C30H29N3O5/c1-4-12-23-17-21(18-26(36-5-2)28(23)38-20-27(34)37-6-3)19-31-33-29(22-13-8-7-9-14-22)32-25-16-11-10-15-24(25)30(33)35/h4,7-11,13-19H,1,5-6,12,20H2,2-3H3. The minimum Gasteiger partial charge on any atom is -0.490 e. The van der Waals surface area contributed by atoms with Gasteiger partial charge < -0.3 is 14.2 Å². The second kappa shape index (κ2) is 12.5. The zero-order valence-electron chi connectivity index (χ0n) is 21.4. The van der Waals surface area contributed by atoms with Crippen molar-refractivity contribution in [2.45, 2.75) is 20.3 Å². The summed E-state index contributed by atoms with van der Waals surface area (Å²) in [5.41, 5.74) is 2.50. The van der Waals surface area contributed by atoms with E-state index in [1.807, 2.05) is 55.5 Å². The molecule has 38 heavy (non-hydrogen) atoms. The molecule has 0 aliphatic carbocycles. The predicted molar refractivity (Wildman–Crippen MR) is 148 cm³/mol. The zero-order chi connectivity index (χ0) is 26.9. The zero-order valence-corrected chi connectivity index (χ0v) is 21.4. The molecule has 0 saturated carbocycles. The molecular weight excluding hydrogens is 482 g/mol. The van der Waals surface area contributed by atoms with Crippen molar-refractivity contribution in [1.29, 1.82) is 0 Å². The van der Waals surface area contributed by atoms with E-state index in [0.717, 1.165) is 11.1 Å². The van der Waals surface area contributed by atoms with Crippen molar-refractivity contribution in [3.8, 4) is 22.9 Å². The molecule has 0 radical (unpaired) electrons. The Morgan fingerprint density at radius 3 is 2.53 bits per heavy atom. The van der Waals surface area contributed by atoms with Crippen LogP contribution < -0.4 is 15.0 Å². The van der Waals surface area contributed by atoms with Crippen LogP contribution in [0.15, 0.2) is 89.3 Å². The fraction of sp³-hybridized carbons (Fsp3) is 0.200. The Hall–Kier alpha value is -4.72. The van der Waals surface area contributed by atoms with Crippen LogP contribution in [-0.4, -0.2) is 41.7 Å². The fourth-order valence-corrected chi connectivity index (χ4v) is 3.95. The van der Waals surface area contributed by atoms with E-state index < -0.39 is 5.97 Å². The summed E-state index contributed by atoms with van der Waals surface area (Å²) in [6.07, 6.45) is 3.77. The Labute approximate surface area is 220 Å². The lowest BCUT2D eigenvalue weighted by Gasteiger charge is -2.16. The number of esters is 1. The van der Waals surface area contributed by atoms with Gasteiger partial charge in [-0.15, -0.1) is 6.58 Å². The predicted octanol–water partition coefficient (Wildman–Crippen LogP) is 5.01. The molecule has 0 aliphatic rings. The first-order valence-corrected chi connectivity index (χ1v) is 12.4. The van der Waals surface area contributed by atoms with Gasteiger partial charge in [0.05, 0.1) is 30.3 Å². The quantitative estimate of drug-likeness (QED) is 0.160. The van der Waals surface area contributed by atoms with Crippen molar-refractivity contribution in [2.75, 3.05) is 19.8 Å². The molecule has 0 bridgehead atoms. The van der Waals surface area contributed by atoms with Gasteiger partial charge in [0.15, 0.2) is 23.9 Å². The number of rotatable bonds is 11.